The average molecular weight is 407 g/mol. The van der Waals surface area contributed by atoms with Crippen molar-refractivity contribution < 1.29 is 17.6 Å². The van der Waals surface area contributed by atoms with Gasteiger partial charge in [-0.3, -0.25) is 9.10 Å². The minimum atomic E-state index is -3.46. The van der Waals surface area contributed by atoms with Crippen molar-refractivity contribution in [2.45, 2.75) is 39.2 Å². The predicted molar refractivity (Wildman–Crippen MR) is 111 cm³/mol. The van der Waals surface area contributed by atoms with E-state index in [4.69, 9.17) is 0 Å². The minimum Gasteiger partial charge on any atom is -0.346 e. The molecule has 0 spiro atoms. The highest BCUT2D eigenvalue weighted by molar-refractivity contribution is 7.92. The molecule has 0 radical (unpaired) electrons. The lowest BCUT2D eigenvalue weighted by molar-refractivity contribution is 0.0939. The van der Waals surface area contributed by atoms with Crippen LogP contribution in [0.2, 0.25) is 0 Å². The van der Waals surface area contributed by atoms with E-state index in [1.165, 1.54) is 19.2 Å². The Morgan fingerprint density at radius 2 is 1.68 bits per heavy atom. The first-order valence-electron chi connectivity index (χ1n) is 8.95. The van der Waals surface area contributed by atoms with Crippen LogP contribution in [0.25, 0.3) is 0 Å². The number of anilines is 1. The van der Waals surface area contributed by atoms with Gasteiger partial charge < -0.3 is 5.32 Å². The number of nitrogens with one attached hydrogen (secondary N) is 1. The second kappa shape index (κ2) is 7.91. The average Bonchev–Trinajstić information content (AvgIpc) is 2.59. The molecule has 28 heavy (non-hydrogen) atoms. The molecule has 1 N–H and O–H groups in total. The smallest absolute Gasteiger partial charge is 0.251 e. The molecule has 2 aromatic carbocycles. The van der Waals surface area contributed by atoms with E-state index in [1.807, 2.05) is 27.7 Å². The summed E-state index contributed by atoms with van der Waals surface area (Å²) in [6.45, 7) is 7.79. The van der Waals surface area contributed by atoms with Crippen LogP contribution in [0.5, 0.6) is 0 Å². The highest BCUT2D eigenvalue weighted by Crippen LogP contribution is 2.29. The van der Waals surface area contributed by atoms with Crippen LogP contribution < -0.4 is 9.62 Å². The second-order valence-corrected chi connectivity index (χ2v) is 10.0. The van der Waals surface area contributed by atoms with Gasteiger partial charge >= 0.3 is 0 Å². The standard InChI is InChI=1S/C21H27FN2O3S/c1-14(15-7-9-18(22)10-8-15)23-20(25)16-11-17(21(2,3)4)13-19(12-16)24(5)28(6,26)27/h7-14H,1-6H3,(H,23,25)/t14-/m1/s1. The fraction of sp³-hybridized carbons (Fsp3) is 0.381. The number of hydrogen-bond acceptors (Lipinski definition) is 3. The van der Waals surface area contributed by atoms with E-state index in [2.05, 4.69) is 5.32 Å². The van der Waals surface area contributed by atoms with Crippen molar-refractivity contribution in [3.8, 4) is 0 Å². The quantitative estimate of drug-likeness (QED) is 0.816. The summed E-state index contributed by atoms with van der Waals surface area (Å²) in [6, 6.07) is 10.7. The van der Waals surface area contributed by atoms with Crippen molar-refractivity contribution in [3.05, 3.63) is 65.0 Å². The molecule has 0 fully saturated rings. The van der Waals surface area contributed by atoms with Crippen molar-refractivity contribution in [1.82, 2.24) is 5.32 Å². The van der Waals surface area contributed by atoms with E-state index in [-0.39, 0.29) is 23.2 Å². The molecule has 0 bridgehead atoms. The minimum absolute atomic E-state index is 0.272. The third-order valence-electron chi connectivity index (χ3n) is 4.62. The summed E-state index contributed by atoms with van der Waals surface area (Å²) in [4.78, 5) is 12.8. The molecule has 1 amide bonds. The van der Waals surface area contributed by atoms with Crippen molar-refractivity contribution in [2.75, 3.05) is 17.6 Å². The van der Waals surface area contributed by atoms with Gasteiger partial charge in [-0.2, -0.15) is 0 Å². The Morgan fingerprint density at radius 3 is 2.18 bits per heavy atom. The lowest BCUT2D eigenvalue weighted by atomic mass is 9.85. The maximum atomic E-state index is 13.1. The molecule has 1 atom stereocenters. The molecule has 0 saturated heterocycles. The molecule has 0 saturated carbocycles. The normalized spacial score (nSPS) is 13.1. The van der Waals surface area contributed by atoms with Crippen molar-refractivity contribution in [3.63, 3.8) is 0 Å². The molecular weight excluding hydrogens is 379 g/mol. The van der Waals surface area contributed by atoms with E-state index in [9.17, 15) is 17.6 Å². The van der Waals surface area contributed by atoms with Gasteiger partial charge in [0.1, 0.15) is 5.82 Å². The van der Waals surface area contributed by atoms with E-state index in [0.717, 1.165) is 21.7 Å². The van der Waals surface area contributed by atoms with Gasteiger partial charge in [0, 0.05) is 12.6 Å². The Hall–Kier alpha value is -2.41. The van der Waals surface area contributed by atoms with Gasteiger partial charge in [0.15, 0.2) is 0 Å². The number of carbonyl (C=O) groups is 1. The molecule has 0 unspecified atom stereocenters. The molecule has 0 aliphatic rings. The van der Waals surface area contributed by atoms with E-state index >= 15 is 0 Å². The Bertz CT molecular complexity index is 964. The maximum absolute atomic E-state index is 13.1. The first kappa shape index (κ1) is 21.9. The van der Waals surface area contributed by atoms with Gasteiger partial charge in [0.25, 0.3) is 5.91 Å². The zero-order valence-electron chi connectivity index (χ0n) is 17.1. The summed E-state index contributed by atoms with van der Waals surface area (Å²) in [6.07, 6.45) is 1.12. The van der Waals surface area contributed by atoms with Gasteiger partial charge in [-0.15, -0.1) is 0 Å². The number of halogens is 1. The summed E-state index contributed by atoms with van der Waals surface area (Å²) >= 11 is 0. The third kappa shape index (κ3) is 5.32. The molecule has 2 aromatic rings. The van der Waals surface area contributed by atoms with Crippen molar-refractivity contribution >= 4 is 21.6 Å². The molecule has 0 heterocycles. The molecule has 0 aliphatic heterocycles. The summed E-state index contributed by atoms with van der Waals surface area (Å²) in [5.74, 6) is -0.667. The van der Waals surface area contributed by atoms with Crippen LogP contribution in [0, 0.1) is 5.82 Å². The first-order chi connectivity index (χ1) is 12.8. The number of hydrogen-bond donors (Lipinski definition) is 1. The van der Waals surface area contributed by atoms with Gasteiger partial charge in [0.05, 0.1) is 18.0 Å². The molecule has 5 nitrogen and oxygen atoms in total. The van der Waals surface area contributed by atoms with Gasteiger partial charge in [-0.1, -0.05) is 32.9 Å². The van der Waals surface area contributed by atoms with Crippen molar-refractivity contribution in [2.24, 2.45) is 0 Å². The lowest BCUT2D eigenvalue weighted by Gasteiger charge is -2.24. The lowest BCUT2D eigenvalue weighted by Crippen LogP contribution is -2.29. The van der Waals surface area contributed by atoms with Crippen molar-refractivity contribution in [1.29, 1.82) is 0 Å². The summed E-state index contributed by atoms with van der Waals surface area (Å²) in [7, 11) is -2.01. The number of sulfonamides is 1. The van der Waals surface area contributed by atoms with Crippen LogP contribution in [0.15, 0.2) is 42.5 Å². The summed E-state index contributed by atoms with van der Waals surface area (Å²) < 4.78 is 38.2. The third-order valence-corrected chi connectivity index (χ3v) is 5.83. The Labute approximate surface area is 166 Å². The van der Waals surface area contributed by atoms with Gasteiger partial charge in [-0.25, -0.2) is 12.8 Å². The van der Waals surface area contributed by atoms with Crippen LogP contribution in [0.3, 0.4) is 0 Å². The van der Waals surface area contributed by atoms with E-state index < -0.39 is 10.0 Å². The van der Waals surface area contributed by atoms with Gasteiger partial charge in [-0.05, 0) is 53.8 Å². The highest BCUT2D eigenvalue weighted by atomic mass is 32.2. The number of carbonyl (C=O) groups excluding carboxylic acids is 1. The Kier molecular flexibility index (Phi) is 6.18. The fourth-order valence-corrected chi connectivity index (χ4v) is 3.15. The Morgan fingerprint density at radius 1 is 1.11 bits per heavy atom. The molecular formula is C21H27FN2O3S. The van der Waals surface area contributed by atoms with E-state index in [1.54, 1.807) is 30.3 Å². The van der Waals surface area contributed by atoms with Crippen LogP contribution >= 0.6 is 0 Å². The second-order valence-electron chi connectivity index (χ2n) is 8.00. The monoisotopic (exact) mass is 406 g/mol. The number of benzene rings is 2. The summed E-state index contributed by atoms with van der Waals surface area (Å²) in [5.41, 5.74) is 2.14. The fourth-order valence-electron chi connectivity index (χ4n) is 2.66. The first-order valence-corrected chi connectivity index (χ1v) is 10.8. The molecule has 7 heteroatoms. The SMILES string of the molecule is C[C@@H](NC(=O)c1cc(N(C)S(C)(=O)=O)cc(C(C)(C)C)c1)c1ccc(F)cc1. The maximum Gasteiger partial charge on any atom is 0.251 e. The van der Waals surface area contributed by atoms with Crippen LogP contribution in [-0.2, 0) is 15.4 Å². The largest absolute Gasteiger partial charge is 0.346 e. The predicted octanol–water partition coefficient (Wildman–Crippen LogP) is 4.01. The van der Waals surface area contributed by atoms with Gasteiger partial charge in [0.2, 0.25) is 10.0 Å². The summed E-state index contributed by atoms with van der Waals surface area (Å²) in [5, 5.41) is 2.89. The van der Waals surface area contributed by atoms with Crippen LogP contribution in [0.1, 0.15) is 55.2 Å². The molecule has 0 aromatic heterocycles. The van der Waals surface area contributed by atoms with E-state index in [0.29, 0.717) is 11.3 Å². The molecule has 152 valence electrons. The number of amides is 1. The molecule has 2 rings (SSSR count). The zero-order valence-corrected chi connectivity index (χ0v) is 17.9. The Balaban J connectivity index is 2.39. The molecule has 0 aliphatic carbocycles. The number of nitrogens with zero attached hydrogens (tertiary/aromatic N) is 1. The van der Waals surface area contributed by atoms with Crippen LogP contribution in [0.4, 0.5) is 10.1 Å². The van der Waals surface area contributed by atoms with Crippen LogP contribution in [-0.4, -0.2) is 27.6 Å². The number of rotatable bonds is 5. The highest BCUT2D eigenvalue weighted by Gasteiger charge is 2.22. The zero-order chi connectivity index (χ0) is 21.3. The topological polar surface area (TPSA) is 66.5 Å².